The second kappa shape index (κ2) is 9.26. The number of non-ortho nitro benzene ring substituents is 2. The quantitative estimate of drug-likeness (QED) is 0.199. The Bertz CT molecular complexity index is 1190. The molecule has 2 aromatic rings. The van der Waals surface area contributed by atoms with Crippen LogP contribution in [0.3, 0.4) is 0 Å². The lowest BCUT2D eigenvalue weighted by Gasteiger charge is -2.25. The number of ketones is 1. The molecule has 0 bridgehead atoms. The Morgan fingerprint density at radius 3 is 2.18 bits per heavy atom. The van der Waals surface area contributed by atoms with Crippen molar-refractivity contribution in [2.24, 2.45) is 0 Å². The Kier molecular flexibility index (Phi) is 6.47. The molecule has 1 saturated heterocycles. The number of Topliss-reactive ketones (excluding diaryl/α,β-unsaturated/α-hetero) is 1. The molecule has 1 atom stereocenters. The van der Waals surface area contributed by atoms with Gasteiger partial charge in [0.15, 0.2) is 0 Å². The second-order valence-electron chi connectivity index (χ2n) is 7.15. The molecule has 1 heterocycles. The van der Waals surface area contributed by atoms with Crippen molar-refractivity contribution in [3.63, 3.8) is 0 Å². The molecule has 2 aromatic carbocycles. The standard InChI is InChI=1S/C21H17N3O9/c25-16(26)5-2-10-22-18(13-3-1-4-15(11-13)24(32)33)17(20(28)21(22)29)19(27)12-6-8-14(9-7-12)23(30)31/h1,3-4,6-9,11,18,27H,2,5,10H2,(H,25,26)/t18-/m1/s1. The number of nitro benzene ring substituents is 2. The van der Waals surface area contributed by atoms with E-state index in [1.807, 2.05) is 0 Å². The molecule has 170 valence electrons. The minimum atomic E-state index is -1.21. The number of likely N-dealkylation sites (tertiary alicyclic amines) is 1. The summed E-state index contributed by atoms with van der Waals surface area (Å²) in [6.07, 6.45) is -0.279. The van der Waals surface area contributed by atoms with E-state index in [1.165, 1.54) is 30.3 Å². The molecule has 0 unspecified atom stereocenters. The van der Waals surface area contributed by atoms with Crippen molar-refractivity contribution in [2.45, 2.75) is 18.9 Å². The van der Waals surface area contributed by atoms with E-state index >= 15 is 0 Å². The third-order valence-corrected chi connectivity index (χ3v) is 5.08. The van der Waals surface area contributed by atoms with Gasteiger partial charge in [-0.1, -0.05) is 12.1 Å². The lowest BCUT2D eigenvalue weighted by molar-refractivity contribution is -0.385. The summed E-state index contributed by atoms with van der Waals surface area (Å²) in [5, 5.41) is 41.9. The summed E-state index contributed by atoms with van der Waals surface area (Å²) in [4.78, 5) is 58.3. The smallest absolute Gasteiger partial charge is 0.303 e. The Hall–Kier alpha value is -4.61. The number of nitro groups is 2. The molecular weight excluding hydrogens is 438 g/mol. The number of hydrogen-bond acceptors (Lipinski definition) is 8. The molecule has 12 nitrogen and oxygen atoms in total. The van der Waals surface area contributed by atoms with Crippen LogP contribution in [0.2, 0.25) is 0 Å². The van der Waals surface area contributed by atoms with Crippen LogP contribution < -0.4 is 0 Å². The van der Waals surface area contributed by atoms with Gasteiger partial charge in [0.2, 0.25) is 0 Å². The van der Waals surface area contributed by atoms with Gasteiger partial charge in [-0.2, -0.15) is 0 Å². The normalized spacial score (nSPS) is 17.2. The molecule has 0 aliphatic carbocycles. The first-order valence-corrected chi connectivity index (χ1v) is 9.61. The fourth-order valence-corrected chi connectivity index (χ4v) is 3.56. The molecular formula is C21H17N3O9. The number of hydrogen-bond donors (Lipinski definition) is 2. The van der Waals surface area contributed by atoms with Gasteiger partial charge in [-0.05, 0) is 24.1 Å². The Balaban J connectivity index is 2.13. The maximum atomic E-state index is 12.8. The molecule has 0 saturated carbocycles. The molecule has 1 aliphatic heterocycles. The lowest BCUT2D eigenvalue weighted by Crippen LogP contribution is -2.31. The number of nitrogens with zero attached hydrogens (tertiary/aromatic N) is 3. The van der Waals surface area contributed by atoms with Crippen LogP contribution >= 0.6 is 0 Å². The maximum Gasteiger partial charge on any atom is 0.303 e. The molecule has 33 heavy (non-hydrogen) atoms. The third kappa shape index (κ3) is 4.69. The van der Waals surface area contributed by atoms with Gasteiger partial charge in [0.1, 0.15) is 5.76 Å². The summed E-state index contributed by atoms with van der Waals surface area (Å²) in [7, 11) is 0. The van der Waals surface area contributed by atoms with Gasteiger partial charge in [-0.25, -0.2) is 0 Å². The topological polar surface area (TPSA) is 181 Å². The number of rotatable bonds is 8. The highest BCUT2D eigenvalue weighted by molar-refractivity contribution is 6.46. The minimum absolute atomic E-state index is 0.00531. The number of carboxylic acid groups (broad SMARTS) is 1. The van der Waals surface area contributed by atoms with Crippen LogP contribution in [-0.4, -0.2) is 49.2 Å². The van der Waals surface area contributed by atoms with Crippen LogP contribution in [0.25, 0.3) is 5.76 Å². The third-order valence-electron chi connectivity index (χ3n) is 5.08. The minimum Gasteiger partial charge on any atom is -0.507 e. The molecule has 1 fully saturated rings. The van der Waals surface area contributed by atoms with Crippen LogP contribution in [0, 0.1) is 20.2 Å². The SMILES string of the molecule is O=C(O)CCCN1C(=O)C(=O)C(=C(O)c2ccc([N+](=O)[O-])cc2)[C@H]1c1cccc([N+](=O)[O-])c1. The summed E-state index contributed by atoms with van der Waals surface area (Å²) in [5.74, 6) is -3.78. The molecule has 2 N–H and O–H groups in total. The number of amides is 1. The van der Waals surface area contributed by atoms with Gasteiger partial charge in [0, 0.05) is 42.8 Å². The first-order chi connectivity index (χ1) is 15.6. The van der Waals surface area contributed by atoms with Crippen molar-refractivity contribution < 1.29 is 34.4 Å². The van der Waals surface area contributed by atoms with Crippen LogP contribution in [-0.2, 0) is 14.4 Å². The highest BCUT2D eigenvalue weighted by Gasteiger charge is 2.46. The Morgan fingerprint density at radius 1 is 0.970 bits per heavy atom. The molecule has 0 spiro atoms. The average Bonchev–Trinajstić information content (AvgIpc) is 3.03. The number of carbonyl (C=O) groups is 3. The largest absolute Gasteiger partial charge is 0.507 e. The van der Waals surface area contributed by atoms with E-state index in [0.717, 1.165) is 23.1 Å². The zero-order chi connectivity index (χ0) is 24.3. The second-order valence-corrected chi connectivity index (χ2v) is 7.15. The van der Waals surface area contributed by atoms with Crippen LogP contribution in [0.5, 0.6) is 0 Å². The van der Waals surface area contributed by atoms with E-state index in [-0.39, 0.29) is 47.5 Å². The van der Waals surface area contributed by atoms with Gasteiger partial charge >= 0.3 is 5.97 Å². The number of carboxylic acids is 1. The van der Waals surface area contributed by atoms with Gasteiger partial charge in [-0.15, -0.1) is 0 Å². The van der Waals surface area contributed by atoms with Crippen molar-refractivity contribution in [3.8, 4) is 0 Å². The van der Waals surface area contributed by atoms with E-state index in [0.29, 0.717) is 0 Å². The summed E-state index contributed by atoms with van der Waals surface area (Å²) in [6.45, 7) is -0.152. The van der Waals surface area contributed by atoms with Gasteiger partial charge in [-0.3, -0.25) is 34.6 Å². The number of aliphatic hydroxyl groups excluding tert-OH is 1. The lowest BCUT2D eigenvalue weighted by atomic mass is 9.95. The van der Waals surface area contributed by atoms with Crippen molar-refractivity contribution in [1.29, 1.82) is 0 Å². The summed E-state index contributed by atoms with van der Waals surface area (Å²) in [5.41, 5.74) is -0.721. The number of benzene rings is 2. The predicted octanol–water partition coefficient (Wildman–Crippen LogP) is 2.79. The summed E-state index contributed by atoms with van der Waals surface area (Å²) >= 11 is 0. The zero-order valence-corrected chi connectivity index (χ0v) is 16.9. The summed E-state index contributed by atoms with van der Waals surface area (Å²) in [6, 6.07) is 8.59. The average molecular weight is 455 g/mol. The van der Waals surface area contributed by atoms with Crippen molar-refractivity contribution >= 4 is 34.8 Å². The van der Waals surface area contributed by atoms with E-state index in [2.05, 4.69) is 0 Å². The molecule has 0 aromatic heterocycles. The maximum absolute atomic E-state index is 12.8. The highest BCUT2D eigenvalue weighted by Crippen LogP contribution is 2.40. The van der Waals surface area contributed by atoms with Crippen LogP contribution in [0.4, 0.5) is 11.4 Å². The Labute approximate surface area is 185 Å². The van der Waals surface area contributed by atoms with Gasteiger partial charge in [0.05, 0.1) is 21.5 Å². The van der Waals surface area contributed by atoms with Crippen molar-refractivity contribution in [2.75, 3.05) is 6.54 Å². The van der Waals surface area contributed by atoms with E-state index in [4.69, 9.17) is 5.11 Å². The van der Waals surface area contributed by atoms with E-state index < -0.39 is 39.3 Å². The summed E-state index contributed by atoms with van der Waals surface area (Å²) < 4.78 is 0. The molecule has 12 heteroatoms. The molecule has 3 rings (SSSR count). The molecule has 1 aliphatic rings. The monoisotopic (exact) mass is 455 g/mol. The first-order valence-electron chi connectivity index (χ1n) is 9.61. The van der Waals surface area contributed by atoms with Crippen LogP contribution in [0.15, 0.2) is 54.1 Å². The number of carbonyl (C=O) groups excluding carboxylic acids is 2. The van der Waals surface area contributed by atoms with E-state index in [1.54, 1.807) is 0 Å². The molecule has 0 radical (unpaired) electrons. The predicted molar refractivity (Wildman–Crippen MR) is 112 cm³/mol. The molecule has 1 amide bonds. The zero-order valence-electron chi connectivity index (χ0n) is 16.9. The fourth-order valence-electron chi connectivity index (χ4n) is 3.56. The van der Waals surface area contributed by atoms with Gasteiger partial charge < -0.3 is 15.1 Å². The van der Waals surface area contributed by atoms with Crippen LogP contribution in [0.1, 0.15) is 30.0 Å². The van der Waals surface area contributed by atoms with E-state index in [9.17, 15) is 39.7 Å². The Morgan fingerprint density at radius 2 is 1.61 bits per heavy atom. The number of aliphatic carboxylic acids is 1. The highest BCUT2D eigenvalue weighted by atomic mass is 16.6. The van der Waals surface area contributed by atoms with Crippen molar-refractivity contribution in [3.05, 3.63) is 85.5 Å². The number of aliphatic hydroxyl groups is 1. The fraction of sp³-hybridized carbons (Fsp3) is 0.190. The van der Waals surface area contributed by atoms with Gasteiger partial charge in [0.25, 0.3) is 23.1 Å². The van der Waals surface area contributed by atoms with Crippen molar-refractivity contribution in [1.82, 2.24) is 4.90 Å². The first kappa shape index (κ1) is 23.1.